The first-order valence-corrected chi connectivity index (χ1v) is 6.10. The number of rotatable bonds is 9. The fraction of sp³-hybridized carbons (Fsp3) is 0.692. The maximum Gasteiger partial charge on any atom is 0.506 e. The number of allylic oxidation sites excluding steroid dienone is 1. The SMILES string of the molecule is C=CCCC(=O)C(C)(N)OCCC(C)(C)OC(=O)O. The van der Waals surface area contributed by atoms with E-state index in [0.29, 0.717) is 12.8 Å². The van der Waals surface area contributed by atoms with E-state index in [9.17, 15) is 9.59 Å². The van der Waals surface area contributed by atoms with Crippen molar-refractivity contribution in [3.05, 3.63) is 12.7 Å². The standard InChI is InChI=1S/C13H23NO5/c1-5-6-7-10(15)13(4,14)18-9-8-12(2,3)19-11(16)17/h5H,1,6-9,14H2,2-4H3,(H,16,17). The summed E-state index contributed by atoms with van der Waals surface area (Å²) in [4.78, 5) is 22.2. The number of hydrogen-bond donors (Lipinski definition) is 2. The van der Waals surface area contributed by atoms with E-state index in [2.05, 4.69) is 11.3 Å². The van der Waals surface area contributed by atoms with E-state index in [4.69, 9.17) is 15.6 Å². The normalized spacial score (nSPS) is 14.5. The molecule has 0 aromatic heterocycles. The molecule has 0 amide bonds. The fourth-order valence-corrected chi connectivity index (χ4v) is 1.36. The number of carbonyl (C=O) groups excluding carboxylic acids is 1. The minimum Gasteiger partial charge on any atom is -0.450 e. The number of Topliss-reactive ketones (excluding diaryl/α,β-unsaturated/α-hetero) is 1. The van der Waals surface area contributed by atoms with Crippen LogP contribution in [0.15, 0.2) is 12.7 Å². The molecule has 0 bridgehead atoms. The van der Waals surface area contributed by atoms with E-state index in [1.165, 1.54) is 6.92 Å². The summed E-state index contributed by atoms with van der Waals surface area (Å²) in [5.41, 5.74) is 3.51. The van der Waals surface area contributed by atoms with Crippen LogP contribution in [0.3, 0.4) is 0 Å². The van der Waals surface area contributed by atoms with Crippen molar-refractivity contribution in [2.45, 2.75) is 51.4 Å². The minimum atomic E-state index is -1.37. The van der Waals surface area contributed by atoms with Gasteiger partial charge >= 0.3 is 6.16 Å². The summed E-state index contributed by atoms with van der Waals surface area (Å²) in [6.45, 7) is 8.40. The van der Waals surface area contributed by atoms with Gasteiger partial charge in [-0.1, -0.05) is 6.08 Å². The molecule has 3 N–H and O–H groups in total. The van der Waals surface area contributed by atoms with Crippen LogP contribution in [0.5, 0.6) is 0 Å². The molecule has 0 saturated heterocycles. The predicted octanol–water partition coefficient (Wildman–Crippen LogP) is 2.08. The van der Waals surface area contributed by atoms with Gasteiger partial charge in [-0.15, -0.1) is 6.58 Å². The minimum absolute atomic E-state index is 0.132. The van der Waals surface area contributed by atoms with Gasteiger partial charge in [0.05, 0.1) is 6.61 Å². The molecule has 6 heteroatoms. The summed E-state index contributed by atoms with van der Waals surface area (Å²) in [7, 11) is 0. The van der Waals surface area contributed by atoms with Gasteiger partial charge in [-0.2, -0.15) is 0 Å². The molecule has 0 aliphatic heterocycles. The van der Waals surface area contributed by atoms with Crippen LogP contribution in [0.25, 0.3) is 0 Å². The van der Waals surface area contributed by atoms with E-state index in [1.54, 1.807) is 19.9 Å². The van der Waals surface area contributed by atoms with Crippen molar-refractivity contribution in [2.24, 2.45) is 5.73 Å². The summed E-state index contributed by atoms with van der Waals surface area (Å²) >= 11 is 0. The Morgan fingerprint density at radius 1 is 1.37 bits per heavy atom. The monoisotopic (exact) mass is 273 g/mol. The van der Waals surface area contributed by atoms with Crippen LogP contribution < -0.4 is 5.73 Å². The number of ketones is 1. The van der Waals surface area contributed by atoms with Gasteiger partial charge in [0.2, 0.25) is 0 Å². The van der Waals surface area contributed by atoms with Crippen LogP contribution in [-0.2, 0) is 14.3 Å². The van der Waals surface area contributed by atoms with Crippen LogP contribution >= 0.6 is 0 Å². The van der Waals surface area contributed by atoms with Crippen molar-refractivity contribution in [2.75, 3.05) is 6.61 Å². The Bertz CT molecular complexity index is 336. The quantitative estimate of drug-likeness (QED) is 0.379. The lowest BCUT2D eigenvalue weighted by atomic mass is 10.0. The number of ether oxygens (including phenoxy) is 2. The number of carboxylic acid groups (broad SMARTS) is 1. The highest BCUT2D eigenvalue weighted by molar-refractivity contribution is 5.86. The van der Waals surface area contributed by atoms with Gasteiger partial charge in [0.15, 0.2) is 11.5 Å². The fourth-order valence-electron chi connectivity index (χ4n) is 1.36. The van der Waals surface area contributed by atoms with Gasteiger partial charge < -0.3 is 14.6 Å². The molecule has 0 radical (unpaired) electrons. The molecule has 6 nitrogen and oxygen atoms in total. The largest absolute Gasteiger partial charge is 0.506 e. The summed E-state index contributed by atoms with van der Waals surface area (Å²) < 4.78 is 10.0. The lowest BCUT2D eigenvalue weighted by Gasteiger charge is -2.27. The Labute approximate surface area is 113 Å². The first kappa shape index (κ1) is 17.6. The molecule has 1 atom stereocenters. The highest BCUT2D eigenvalue weighted by atomic mass is 16.7. The van der Waals surface area contributed by atoms with E-state index in [-0.39, 0.29) is 18.8 Å². The van der Waals surface area contributed by atoms with Gasteiger partial charge in [0.25, 0.3) is 0 Å². The first-order chi connectivity index (χ1) is 8.60. The molecule has 19 heavy (non-hydrogen) atoms. The smallest absolute Gasteiger partial charge is 0.450 e. The molecule has 0 heterocycles. The van der Waals surface area contributed by atoms with Crippen molar-refractivity contribution in [1.29, 1.82) is 0 Å². The second-order valence-electron chi connectivity index (χ2n) is 5.08. The van der Waals surface area contributed by atoms with Gasteiger partial charge in [0.1, 0.15) is 5.60 Å². The van der Waals surface area contributed by atoms with Gasteiger partial charge in [-0.25, -0.2) is 4.79 Å². The third kappa shape index (κ3) is 7.58. The maximum absolute atomic E-state index is 11.7. The van der Waals surface area contributed by atoms with Crippen molar-refractivity contribution in [3.8, 4) is 0 Å². The molecule has 110 valence electrons. The zero-order valence-electron chi connectivity index (χ0n) is 11.8. The maximum atomic E-state index is 11.7. The molecule has 0 saturated carbocycles. The first-order valence-electron chi connectivity index (χ1n) is 6.10. The molecular formula is C13H23NO5. The second kappa shape index (κ2) is 7.25. The third-order valence-corrected chi connectivity index (χ3v) is 2.60. The lowest BCUT2D eigenvalue weighted by molar-refractivity contribution is -0.144. The van der Waals surface area contributed by atoms with E-state index >= 15 is 0 Å². The molecule has 0 spiro atoms. The average Bonchev–Trinajstić information content (AvgIpc) is 2.23. The van der Waals surface area contributed by atoms with Crippen molar-refractivity contribution >= 4 is 11.9 Å². The second-order valence-corrected chi connectivity index (χ2v) is 5.08. The summed E-state index contributed by atoms with van der Waals surface area (Å²) in [6.07, 6.45) is 1.41. The summed E-state index contributed by atoms with van der Waals surface area (Å²) in [5, 5.41) is 8.54. The van der Waals surface area contributed by atoms with E-state index in [1.807, 2.05) is 0 Å². The Morgan fingerprint density at radius 3 is 2.42 bits per heavy atom. The van der Waals surface area contributed by atoms with Crippen LogP contribution in [0.1, 0.15) is 40.0 Å². The molecular weight excluding hydrogens is 250 g/mol. The zero-order chi connectivity index (χ0) is 15.1. The predicted molar refractivity (Wildman–Crippen MR) is 70.8 cm³/mol. The Balaban J connectivity index is 4.20. The molecule has 0 aliphatic carbocycles. The Kier molecular flexibility index (Phi) is 6.72. The summed E-state index contributed by atoms with van der Waals surface area (Å²) in [6, 6.07) is 0. The topological polar surface area (TPSA) is 98.9 Å². The number of hydrogen-bond acceptors (Lipinski definition) is 5. The Hall–Kier alpha value is -1.40. The van der Waals surface area contributed by atoms with Gasteiger partial charge in [-0.05, 0) is 27.2 Å². The molecule has 1 unspecified atom stereocenters. The number of carbonyl (C=O) groups is 2. The number of nitrogens with two attached hydrogens (primary N) is 1. The molecule has 0 aromatic rings. The zero-order valence-corrected chi connectivity index (χ0v) is 11.8. The van der Waals surface area contributed by atoms with Gasteiger partial charge in [-0.3, -0.25) is 10.5 Å². The molecule has 0 fully saturated rings. The lowest BCUT2D eigenvalue weighted by Crippen LogP contribution is -2.48. The molecule has 0 rings (SSSR count). The molecule has 0 aliphatic rings. The van der Waals surface area contributed by atoms with E-state index < -0.39 is 17.5 Å². The van der Waals surface area contributed by atoms with Crippen molar-refractivity contribution < 1.29 is 24.2 Å². The van der Waals surface area contributed by atoms with Crippen LogP contribution in [0, 0.1) is 0 Å². The highest BCUT2D eigenvalue weighted by Gasteiger charge is 2.30. The van der Waals surface area contributed by atoms with Crippen LogP contribution in [0.2, 0.25) is 0 Å². The van der Waals surface area contributed by atoms with Gasteiger partial charge in [0, 0.05) is 12.8 Å². The Morgan fingerprint density at radius 2 is 1.95 bits per heavy atom. The van der Waals surface area contributed by atoms with E-state index in [0.717, 1.165) is 0 Å². The third-order valence-electron chi connectivity index (χ3n) is 2.60. The van der Waals surface area contributed by atoms with Crippen molar-refractivity contribution in [1.82, 2.24) is 0 Å². The average molecular weight is 273 g/mol. The van der Waals surface area contributed by atoms with Crippen LogP contribution in [-0.4, -0.2) is 35.0 Å². The summed E-state index contributed by atoms with van der Waals surface area (Å²) in [5.74, 6) is -0.218. The van der Waals surface area contributed by atoms with Crippen LogP contribution in [0.4, 0.5) is 4.79 Å². The highest BCUT2D eigenvalue weighted by Crippen LogP contribution is 2.17. The molecule has 0 aromatic carbocycles. The van der Waals surface area contributed by atoms with Crippen molar-refractivity contribution in [3.63, 3.8) is 0 Å².